The fraction of sp³-hybridized carbons (Fsp3) is 0.0909. The number of anilines is 1. The minimum absolute atomic E-state index is 0.0993. The normalized spacial score (nSPS) is 19.6. The maximum Gasteiger partial charge on any atom is 0.226 e. The molecule has 2 aromatic carbocycles. The van der Waals surface area contributed by atoms with Gasteiger partial charge in [0.25, 0.3) is 0 Å². The van der Waals surface area contributed by atoms with Gasteiger partial charge in [-0.05, 0) is 41.3 Å². The van der Waals surface area contributed by atoms with E-state index < -0.39 is 0 Å². The Kier molecular flexibility index (Phi) is 3.76. The first-order valence-electron chi connectivity index (χ1n) is 9.25. The molecule has 5 nitrogen and oxygen atoms in total. The van der Waals surface area contributed by atoms with Gasteiger partial charge in [0.1, 0.15) is 24.2 Å². The van der Waals surface area contributed by atoms with Crippen LogP contribution in [0.5, 0.6) is 5.75 Å². The molecule has 0 saturated carbocycles. The molecule has 142 valence electrons. The molecule has 2 atom stereocenters. The van der Waals surface area contributed by atoms with Crippen LogP contribution in [0, 0.1) is 0 Å². The van der Waals surface area contributed by atoms with Gasteiger partial charge < -0.3 is 10.1 Å². The largest absolute Gasteiger partial charge is 0.480 e. The van der Waals surface area contributed by atoms with Crippen LogP contribution in [0.4, 0.5) is 5.95 Å². The van der Waals surface area contributed by atoms with Crippen molar-refractivity contribution in [3.05, 3.63) is 99.0 Å². The Morgan fingerprint density at radius 3 is 2.72 bits per heavy atom. The first-order valence-corrected chi connectivity index (χ1v) is 10.5. The lowest BCUT2D eigenvalue weighted by Crippen LogP contribution is -2.32. The van der Waals surface area contributed by atoms with E-state index in [4.69, 9.17) is 16.3 Å². The standard InChI is InChI=1S/C22H15ClN4OS/c23-14-9-7-13(8-10-14)21-18-19(15-4-1-2-5-16(15)28-21)26-22-24-12-25-27(22)20(18)17-6-3-11-29-17/h1-12,20-21H,(H,24,25,26)/t20-,21+/m0/s1. The highest BCUT2D eigenvalue weighted by atomic mass is 35.5. The number of aromatic nitrogens is 3. The van der Waals surface area contributed by atoms with E-state index >= 15 is 0 Å². The summed E-state index contributed by atoms with van der Waals surface area (Å²) in [6, 6.07) is 20.0. The Bertz CT molecular complexity index is 1230. The smallest absolute Gasteiger partial charge is 0.226 e. The van der Waals surface area contributed by atoms with Gasteiger partial charge in [0, 0.05) is 21.0 Å². The monoisotopic (exact) mass is 418 g/mol. The van der Waals surface area contributed by atoms with Crippen molar-refractivity contribution in [2.45, 2.75) is 12.1 Å². The molecule has 0 bridgehead atoms. The average molecular weight is 419 g/mol. The summed E-state index contributed by atoms with van der Waals surface area (Å²) in [7, 11) is 0. The molecule has 0 unspecified atom stereocenters. The van der Waals surface area contributed by atoms with Crippen molar-refractivity contribution in [1.29, 1.82) is 0 Å². The molecule has 6 rings (SSSR count). The summed E-state index contributed by atoms with van der Waals surface area (Å²) in [4.78, 5) is 5.63. The maximum absolute atomic E-state index is 6.55. The maximum atomic E-state index is 6.55. The molecule has 0 saturated heterocycles. The van der Waals surface area contributed by atoms with Crippen LogP contribution in [0.3, 0.4) is 0 Å². The van der Waals surface area contributed by atoms with Crippen molar-refractivity contribution in [1.82, 2.24) is 14.8 Å². The van der Waals surface area contributed by atoms with Gasteiger partial charge in [-0.15, -0.1) is 11.3 Å². The van der Waals surface area contributed by atoms with Crippen LogP contribution in [-0.2, 0) is 0 Å². The molecule has 7 heteroatoms. The van der Waals surface area contributed by atoms with Gasteiger partial charge in [-0.1, -0.05) is 41.9 Å². The number of nitrogens with zero attached hydrogens (tertiary/aromatic N) is 3. The second-order valence-corrected chi connectivity index (χ2v) is 8.36. The molecule has 0 radical (unpaired) electrons. The van der Waals surface area contributed by atoms with E-state index in [-0.39, 0.29) is 12.1 Å². The van der Waals surface area contributed by atoms with Gasteiger partial charge in [0.15, 0.2) is 0 Å². The zero-order valence-corrected chi connectivity index (χ0v) is 16.7. The molecule has 2 aromatic heterocycles. The molecule has 1 N–H and O–H groups in total. The van der Waals surface area contributed by atoms with Gasteiger partial charge in [-0.25, -0.2) is 4.68 Å². The van der Waals surface area contributed by atoms with Crippen molar-refractivity contribution in [3.63, 3.8) is 0 Å². The zero-order valence-electron chi connectivity index (χ0n) is 15.1. The summed E-state index contributed by atoms with van der Waals surface area (Å²) in [5.74, 6) is 1.57. The quantitative estimate of drug-likeness (QED) is 0.463. The highest BCUT2D eigenvalue weighted by Crippen LogP contribution is 2.51. The van der Waals surface area contributed by atoms with Crippen LogP contribution in [-0.4, -0.2) is 14.8 Å². The summed E-state index contributed by atoms with van der Waals surface area (Å²) in [5.41, 5.74) is 4.23. The first-order chi connectivity index (χ1) is 14.3. The lowest BCUT2D eigenvalue weighted by atomic mass is 9.87. The number of fused-ring (bicyclic) bond motifs is 3. The predicted molar refractivity (Wildman–Crippen MR) is 114 cm³/mol. The Labute approximate surface area is 176 Å². The van der Waals surface area contributed by atoms with Crippen LogP contribution in [0.25, 0.3) is 5.70 Å². The van der Waals surface area contributed by atoms with Crippen molar-refractivity contribution in [3.8, 4) is 5.75 Å². The Balaban J connectivity index is 1.63. The van der Waals surface area contributed by atoms with Crippen LogP contribution in [0.15, 0.2) is 77.9 Å². The molecule has 2 aliphatic rings. The van der Waals surface area contributed by atoms with E-state index in [2.05, 4.69) is 39.0 Å². The summed E-state index contributed by atoms with van der Waals surface area (Å²) >= 11 is 7.85. The third-order valence-corrected chi connectivity index (χ3v) is 6.48. The molecule has 0 aliphatic carbocycles. The molecular weight excluding hydrogens is 404 g/mol. The molecule has 29 heavy (non-hydrogen) atoms. The van der Waals surface area contributed by atoms with E-state index in [1.807, 2.05) is 47.1 Å². The molecule has 0 fully saturated rings. The number of benzene rings is 2. The lowest BCUT2D eigenvalue weighted by molar-refractivity contribution is 0.223. The summed E-state index contributed by atoms with van der Waals surface area (Å²) in [5, 5.41) is 10.8. The topological polar surface area (TPSA) is 52.0 Å². The van der Waals surface area contributed by atoms with Crippen molar-refractivity contribution in [2.24, 2.45) is 0 Å². The number of hydrogen-bond acceptors (Lipinski definition) is 5. The highest BCUT2D eigenvalue weighted by Gasteiger charge is 2.41. The second kappa shape index (κ2) is 6.47. The number of nitrogens with one attached hydrogen (secondary N) is 1. The summed E-state index contributed by atoms with van der Waals surface area (Å²) < 4.78 is 8.48. The Morgan fingerprint density at radius 1 is 1.03 bits per heavy atom. The fourth-order valence-electron chi connectivity index (χ4n) is 4.05. The molecular formula is C22H15ClN4OS. The minimum Gasteiger partial charge on any atom is -0.480 e. The fourth-order valence-corrected chi connectivity index (χ4v) is 5.00. The number of hydrogen-bond donors (Lipinski definition) is 1. The van der Waals surface area contributed by atoms with Crippen LogP contribution < -0.4 is 10.1 Å². The molecule has 2 aliphatic heterocycles. The predicted octanol–water partition coefficient (Wildman–Crippen LogP) is 5.55. The molecule has 0 spiro atoms. The van der Waals surface area contributed by atoms with E-state index in [1.165, 1.54) is 4.88 Å². The van der Waals surface area contributed by atoms with Gasteiger partial charge in [-0.2, -0.15) is 10.1 Å². The Hall–Kier alpha value is -3.09. The number of para-hydroxylation sites is 1. The third-order valence-electron chi connectivity index (χ3n) is 5.31. The van der Waals surface area contributed by atoms with Crippen LogP contribution >= 0.6 is 22.9 Å². The SMILES string of the molecule is Clc1ccc([C@H]2Oc3ccccc3C3=C2[C@H](c2cccs2)n2ncnc2N3)cc1. The third kappa shape index (κ3) is 2.60. The Morgan fingerprint density at radius 2 is 1.90 bits per heavy atom. The average Bonchev–Trinajstić information content (AvgIpc) is 3.44. The molecule has 4 heterocycles. The highest BCUT2D eigenvalue weighted by molar-refractivity contribution is 7.10. The van der Waals surface area contributed by atoms with Crippen LogP contribution in [0.1, 0.15) is 28.1 Å². The summed E-state index contributed by atoms with van der Waals surface area (Å²) in [6.07, 6.45) is 1.32. The molecule has 0 amide bonds. The van der Waals surface area contributed by atoms with Crippen molar-refractivity contribution >= 4 is 34.6 Å². The van der Waals surface area contributed by atoms with Crippen molar-refractivity contribution in [2.75, 3.05) is 5.32 Å². The number of ether oxygens (including phenoxy) is 1. The number of halogens is 1. The summed E-state index contributed by atoms with van der Waals surface area (Å²) in [6.45, 7) is 0. The zero-order chi connectivity index (χ0) is 19.4. The van der Waals surface area contributed by atoms with Gasteiger partial charge in [-0.3, -0.25) is 0 Å². The van der Waals surface area contributed by atoms with Crippen LogP contribution in [0.2, 0.25) is 5.02 Å². The lowest BCUT2D eigenvalue weighted by Gasteiger charge is -2.38. The van der Waals surface area contributed by atoms with E-state index in [1.54, 1.807) is 17.7 Å². The minimum atomic E-state index is -0.269. The van der Waals surface area contributed by atoms with Gasteiger partial charge >= 0.3 is 0 Å². The number of rotatable bonds is 2. The molecule has 4 aromatic rings. The van der Waals surface area contributed by atoms with Gasteiger partial charge in [0.2, 0.25) is 5.95 Å². The number of thiophene rings is 1. The van der Waals surface area contributed by atoms with E-state index in [0.717, 1.165) is 34.1 Å². The van der Waals surface area contributed by atoms with Gasteiger partial charge in [0.05, 0.1) is 5.70 Å². The first kappa shape index (κ1) is 16.8. The van der Waals surface area contributed by atoms with Crippen molar-refractivity contribution < 1.29 is 4.74 Å². The second-order valence-electron chi connectivity index (χ2n) is 6.95. The van der Waals surface area contributed by atoms with E-state index in [9.17, 15) is 0 Å². The van der Waals surface area contributed by atoms with E-state index in [0.29, 0.717) is 5.02 Å².